The van der Waals surface area contributed by atoms with Crippen molar-refractivity contribution in [2.45, 2.75) is 254 Å². The van der Waals surface area contributed by atoms with E-state index in [1.54, 1.807) is 64.2 Å². The van der Waals surface area contributed by atoms with Gasteiger partial charge in [0.2, 0.25) is 0 Å². The van der Waals surface area contributed by atoms with E-state index < -0.39 is 0 Å². The fraction of sp³-hybridized carbons (Fsp3) is 1.00. The zero-order chi connectivity index (χ0) is 36.8. The summed E-state index contributed by atoms with van der Waals surface area (Å²) in [6.07, 6.45) is 46.9. The Balaban J connectivity index is 0.000000184. The van der Waals surface area contributed by atoms with Crippen LogP contribution in [0.1, 0.15) is 254 Å². The van der Waals surface area contributed by atoms with E-state index in [2.05, 4.69) is 55.4 Å². The molecule has 0 nitrogen and oxygen atoms in total. The van der Waals surface area contributed by atoms with E-state index in [1.807, 2.05) is 0 Å². The predicted molar refractivity (Wildman–Crippen MR) is 230 cm³/mol. The van der Waals surface area contributed by atoms with Crippen LogP contribution in [0.2, 0.25) is 0 Å². The van der Waals surface area contributed by atoms with Gasteiger partial charge in [0, 0.05) is 0 Å². The van der Waals surface area contributed by atoms with Gasteiger partial charge in [0.05, 0.1) is 0 Å². The third kappa shape index (κ3) is 19.4. The minimum Gasteiger partial charge on any atom is -0.0625 e. The van der Waals surface area contributed by atoms with Gasteiger partial charge in [0.15, 0.2) is 0 Å². The summed E-state index contributed by atoms with van der Waals surface area (Å²) in [6.45, 7) is 19.3. The van der Waals surface area contributed by atoms with E-state index in [0.29, 0.717) is 0 Å². The van der Waals surface area contributed by atoms with E-state index in [9.17, 15) is 0 Å². The van der Waals surface area contributed by atoms with Gasteiger partial charge in [-0.1, -0.05) is 216 Å². The second-order valence-corrected chi connectivity index (χ2v) is 21.2. The summed E-state index contributed by atoms with van der Waals surface area (Å²) < 4.78 is 0. The lowest BCUT2D eigenvalue weighted by Crippen LogP contribution is -2.24. The number of rotatable bonds is 4. The lowest BCUT2D eigenvalue weighted by Gasteiger charge is -2.35. The second kappa shape index (κ2) is 26.7. The van der Waals surface area contributed by atoms with Crippen LogP contribution in [0.3, 0.4) is 0 Å². The molecule has 0 aromatic rings. The van der Waals surface area contributed by atoms with Crippen LogP contribution in [0.4, 0.5) is 0 Å². The minimum absolute atomic E-state index is 0.916. The summed E-state index contributed by atoms with van der Waals surface area (Å²) in [7, 11) is 0. The summed E-state index contributed by atoms with van der Waals surface area (Å²) in [5.74, 6) is 12.3. The SMILES string of the molecule is CC(C)C1CC2CCCCC(C2)C1.CC(C)C1CCCCCCCC1.CC(C)C1CCCCCCCCC1.CC(C)C1C[C@H]2CCCC[C@@H](C1)C2. The molecule has 0 spiro atoms. The van der Waals surface area contributed by atoms with Crippen LogP contribution in [0, 0.1) is 71.0 Å². The number of fused-ring (bicyclic) bond motifs is 4. The quantitative estimate of drug-likeness (QED) is 0.272. The molecule has 0 heterocycles. The first-order valence-corrected chi connectivity index (χ1v) is 24.6. The molecule has 0 aromatic heterocycles. The molecule has 0 amide bonds. The molecule has 6 saturated carbocycles. The number of hydrogen-bond donors (Lipinski definition) is 0. The van der Waals surface area contributed by atoms with Crippen LogP contribution in [-0.4, -0.2) is 0 Å². The molecular formula is C51H98. The van der Waals surface area contributed by atoms with Crippen LogP contribution >= 0.6 is 0 Å². The second-order valence-electron chi connectivity index (χ2n) is 21.2. The van der Waals surface area contributed by atoms with Gasteiger partial charge >= 0.3 is 0 Å². The maximum Gasteiger partial charge on any atom is -0.0386 e. The van der Waals surface area contributed by atoms with Crippen LogP contribution in [0.15, 0.2) is 0 Å². The molecule has 6 fully saturated rings. The van der Waals surface area contributed by atoms with E-state index in [1.165, 1.54) is 135 Å². The monoisotopic (exact) mass is 711 g/mol. The molecule has 0 heteroatoms. The Bertz CT molecular complexity index is 719. The van der Waals surface area contributed by atoms with Crippen molar-refractivity contribution in [2.24, 2.45) is 71.0 Å². The van der Waals surface area contributed by atoms with Crippen LogP contribution in [0.25, 0.3) is 0 Å². The highest BCUT2D eigenvalue weighted by atomic mass is 14.4. The first kappa shape index (κ1) is 45.4. The Morgan fingerprint density at radius 1 is 0.216 bits per heavy atom. The summed E-state index contributed by atoms with van der Waals surface area (Å²) >= 11 is 0. The topological polar surface area (TPSA) is 0 Å². The highest BCUT2D eigenvalue weighted by Gasteiger charge is 2.32. The van der Waals surface area contributed by atoms with Crippen molar-refractivity contribution in [2.75, 3.05) is 0 Å². The van der Waals surface area contributed by atoms with Gasteiger partial charge in [-0.25, -0.2) is 0 Å². The molecule has 3 unspecified atom stereocenters. The van der Waals surface area contributed by atoms with Crippen molar-refractivity contribution in [1.82, 2.24) is 0 Å². The Morgan fingerprint density at radius 3 is 0.627 bits per heavy atom. The molecule has 0 radical (unpaired) electrons. The average molecular weight is 711 g/mol. The largest absolute Gasteiger partial charge is 0.0625 e. The fourth-order valence-corrected chi connectivity index (χ4v) is 11.8. The third-order valence-electron chi connectivity index (χ3n) is 15.6. The van der Waals surface area contributed by atoms with Crippen LogP contribution < -0.4 is 0 Å². The first-order chi connectivity index (χ1) is 24.6. The van der Waals surface area contributed by atoms with Gasteiger partial charge in [-0.3, -0.25) is 0 Å². The Morgan fingerprint density at radius 2 is 0.412 bits per heavy atom. The zero-order valence-electron chi connectivity index (χ0n) is 36.8. The van der Waals surface area contributed by atoms with Gasteiger partial charge in [-0.05, 0) is 110 Å². The highest BCUT2D eigenvalue weighted by Crippen LogP contribution is 2.44. The average Bonchev–Trinajstić information content (AvgIpc) is 3.29. The standard InChI is InChI=1S/2C13H24.C13H26.C12H24/c2*1-10(2)13-8-11-5-3-4-6-12(7-11)9-13;1-12(2)13-10-8-6-4-3-5-7-9-11-13;1-11(2)12-9-7-5-3-4-6-8-10-12/h2*10-13H,3-9H2,1-2H3;12-13H,3-11H2,1-2H3;11-12H,3-10H2,1-2H3/t11-,12+,13?;;;. The Kier molecular flexibility index (Phi) is 23.8. The zero-order valence-corrected chi connectivity index (χ0v) is 36.8. The molecule has 0 saturated heterocycles. The maximum atomic E-state index is 2.42. The summed E-state index contributed by atoms with van der Waals surface area (Å²) in [5, 5.41) is 0. The smallest absolute Gasteiger partial charge is 0.0386 e. The van der Waals surface area contributed by atoms with E-state index in [4.69, 9.17) is 0 Å². The van der Waals surface area contributed by atoms with Crippen molar-refractivity contribution in [3.63, 3.8) is 0 Å². The normalized spacial score (nSPS) is 32.0. The molecule has 0 aromatic carbocycles. The van der Waals surface area contributed by atoms with Gasteiger partial charge in [0.25, 0.3) is 0 Å². The third-order valence-corrected chi connectivity index (χ3v) is 15.6. The van der Waals surface area contributed by atoms with Gasteiger partial charge in [-0.15, -0.1) is 0 Å². The predicted octanol–water partition coefficient (Wildman–Crippen LogP) is 17.7. The first-order valence-electron chi connectivity index (χ1n) is 24.6. The van der Waals surface area contributed by atoms with Gasteiger partial charge < -0.3 is 0 Å². The van der Waals surface area contributed by atoms with E-state index in [-0.39, 0.29) is 0 Å². The van der Waals surface area contributed by atoms with Crippen molar-refractivity contribution < 1.29 is 0 Å². The Hall–Kier alpha value is 0. The van der Waals surface area contributed by atoms with Crippen molar-refractivity contribution >= 4 is 0 Å². The molecular weight excluding hydrogens is 613 g/mol. The molecule has 6 rings (SSSR count). The molecule has 0 aliphatic heterocycles. The van der Waals surface area contributed by atoms with Crippen molar-refractivity contribution in [3.8, 4) is 0 Å². The molecule has 5 atom stereocenters. The summed E-state index contributed by atoms with van der Waals surface area (Å²) in [6, 6.07) is 0. The highest BCUT2D eigenvalue weighted by molar-refractivity contribution is 4.84. The molecule has 4 bridgehead atoms. The summed E-state index contributed by atoms with van der Waals surface area (Å²) in [5.41, 5.74) is 0. The Labute approximate surface area is 324 Å². The van der Waals surface area contributed by atoms with Gasteiger partial charge in [0.1, 0.15) is 0 Å². The van der Waals surface area contributed by atoms with E-state index in [0.717, 1.165) is 71.0 Å². The van der Waals surface area contributed by atoms with Gasteiger partial charge in [-0.2, -0.15) is 0 Å². The molecule has 6 aliphatic rings. The molecule has 6 aliphatic carbocycles. The minimum atomic E-state index is 0.916. The van der Waals surface area contributed by atoms with Crippen molar-refractivity contribution in [3.05, 3.63) is 0 Å². The molecule has 302 valence electrons. The molecule has 51 heavy (non-hydrogen) atoms. The lowest BCUT2D eigenvalue weighted by atomic mass is 9.71. The lowest BCUT2D eigenvalue weighted by molar-refractivity contribution is 0.160. The summed E-state index contributed by atoms with van der Waals surface area (Å²) in [4.78, 5) is 0. The fourth-order valence-electron chi connectivity index (χ4n) is 11.8. The molecule has 0 N–H and O–H groups in total. The van der Waals surface area contributed by atoms with E-state index >= 15 is 0 Å². The van der Waals surface area contributed by atoms with Crippen LogP contribution in [-0.2, 0) is 0 Å². The maximum absolute atomic E-state index is 2.42. The number of hydrogen-bond acceptors (Lipinski definition) is 0. The van der Waals surface area contributed by atoms with Crippen LogP contribution in [0.5, 0.6) is 0 Å². The van der Waals surface area contributed by atoms with Crippen molar-refractivity contribution in [1.29, 1.82) is 0 Å².